The lowest BCUT2D eigenvalue weighted by molar-refractivity contribution is -0.0494. The van der Waals surface area contributed by atoms with E-state index < -0.39 is 16.3 Å². The van der Waals surface area contributed by atoms with Crippen LogP contribution in [0.4, 0.5) is 0 Å². The highest BCUT2D eigenvalue weighted by Crippen LogP contribution is 2.21. The quantitative estimate of drug-likeness (QED) is 0.194. The largest absolute Gasteiger partial charge is 0.497 e. The lowest BCUT2D eigenvalue weighted by Gasteiger charge is -2.23. The second kappa shape index (κ2) is 17.3. The van der Waals surface area contributed by atoms with Crippen LogP contribution < -0.4 is 4.74 Å². The van der Waals surface area contributed by atoms with E-state index in [1.54, 1.807) is 12.1 Å². The highest BCUT2D eigenvalue weighted by atomic mass is 32.2. The number of hydrogen-bond donors (Lipinski definition) is 2. The van der Waals surface area contributed by atoms with Crippen molar-refractivity contribution >= 4 is 10.0 Å². The van der Waals surface area contributed by atoms with Crippen LogP contribution in [0.5, 0.6) is 5.75 Å². The Morgan fingerprint density at radius 2 is 1.22 bits per heavy atom. The molecule has 2 N–H and O–H groups in total. The van der Waals surface area contributed by atoms with Gasteiger partial charge >= 0.3 is 0 Å². The van der Waals surface area contributed by atoms with Crippen LogP contribution in [0, 0.1) is 0 Å². The van der Waals surface area contributed by atoms with Gasteiger partial charge in [-0.3, -0.25) is 0 Å². The maximum absolute atomic E-state index is 12.9. The van der Waals surface area contributed by atoms with E-state index in [2.05, 4.69) is 6.92 Å². The Kier molecular flexibility index (Phi) is 15.7. The Labute approximate surface area is 196 Å². The molecule has 0 aliphatic carbocycles. The van der Waals surface area contributed by atoms with Crippen molar-refractivity contribution in [2.24, 2.45) is 0 Å². The fraction of sp³-hybridized carbons (Fsp3) is 0.760. The van der Waals surface area contributed by atoms with Gasteiger partial charge in [-0.25, -0.2) is 8.42 Å². The number of benzene rings is 1. The minimum absolute atomic E-state index is 0.129. The van der Waals surface area contributed by atoms with Crippen molar-refractivity contribution in [2.75, 3.05) is 20.2 Å². The monoisotopic (exact) mass is 471 g/mol. The number of methoxy groups -OCH3 is 1. The molecule has 0 heterocycles. The molecule has 32 heavy (non-hydrogen) atoms. The summed E-state index contributed by atoms with van der Waals surface area (Å²) in [6.07, 6.45) is 15.5. The third kappa shape index (κ3) is 12.2. The van der Waals surface area contributed by atoms with Gasteiger partial charge in [-0.15, -0.1) is 0 Å². The van der Waals surface area contributed by atoms with Crippen molar-refractivity contribution in [1.29, 1.82) is 0 Å². The molecule has 0 amide bonds. The SMILES string of the molecule is CCCCCCCCCCCCCCCCN(CC(O)O)S(=O)(=O)c1ccc(OC)cc1. The number of aliphatic hydroxyl groups is 2. The molecule has 0 saturated heterocycles. The Morgan fingerprint density at radius 3 is 1.62 bits per heavy atom. The zero-order valence-corrected chi connectivity index (χ0v) is 21.0. The minimum Gasteiger partial charge on any atom is -0.497 e. The third-order valence-electron chi connectivity index (χ3n) is 5.83. The fourth-order valence-corrected chi connectivity index (χ4v) is 5.35. The van der Waals surface area contributed by atoms with Crippen molar-refractivity contribution in [3.63, 3.8) is 0 Å². The fourth-order valence-electron chi connectivity index (χ4n) is 3.87. The molecule has 1 rings (SSSR count). The summed E-state index contributed by atoms with van der Waals surface area (Å²) in [5, 5.41) is 18.7. The number of ether oxygens (including phenoxy) is 1. The van der Waals surface area contributed by atoms with Gasteiger partial charge in [0.15, 0.2) is 6.29 Å². The molecule has 1 aromatic carbocycles. The van der Waals surface area contributed by atoms with E-state index in [-0.39, 0.29) is 18.0 Å². The van der Waals surface area contributed by atoms with Gasteiger partial charge in [0.2, 0.25) is 10.0 Å². The molecule has 0 aromatic heterocycles. The van der Waals surface area contributed by atoms with Gasteiger partial charge < -0.3 is 14.9 Å². The van der Waals surface area contributed by atoms with Crippen LogP contribution in [-0.2, 0) is 10.0 Å². The summed E-state index contributed by atoms with van der Waals surface area (Å²) >= 11 is 0. The van der Waals surface area contributed by atoms with E-state index in [9.17, 15) is 18.6 Å². The van der Waals surface area contributed by atoms with Crippen molar-refractivity contribution < 1.29 is 23.4 Å². The summed E-state index contributed by atoms with van der Waals surface area (Å²) in [5.41, 5.74) is 0. The molecular formula is C25H45NO5S. The van der Waals surface area contributed by atoms with Gasteiger partial charge in [-0.05, 0) is 30.7 Å². The number of rotatable bonds is 20. The predicted octanol–water partition coefficient (Wildman–Crippen LogP) is 5.48. The lowest BCUT2D eigenvalue weighted by atomic mass is 10.0. The smallest absolute Gasteiger partial charge is 0.243 e. The first-order chi connectivity index (χ1) is 15.4. The molecule has 1 aromatic rings. The van der Waals surface area contributed by atoms with Gasteiger partial charge in [-0.1, -0.05) is 90.4 Å². The number of sulfonamides is 1. The number of unbranched alkanes of at least 4 members (excludes halogenated alkanes) is 13. The van der Waals surface area contributed by atoms with Crippen LogP contribution in [0.3, 0.4) is 0 Å². The standard InChI is InChI=1S/C25H45NO5S/c1-3-4-5-6-7-8-9-10-11-12-13-14-15-16-21-26(22-25(27)28)32(29,30)24-19-17-23(31-2)18-20-24/h17-20,25,27-28H,3-16,21-22H2,1-2H3. The molecule has 0 bridgehead atoms. The van der Waals surface area contributed by atoms with Crippen LogP contribution in [0.2, 0.25) is 0 Å². The van der Waals surface area contributed by atoms with Gasteiger partial charge in [-0.2, -0.15) is 4.31 Å². The summed E-state index contributed by atoms with van der Waals surface area (Å²) in [6, 6.07) is 6.14. The van der Waals surface area contributed by atoms with Crippen LogP contribution >= 0.6 is 0 Å². The molecule has 6 nitrogen and oxygen atoms in total. The van der Waals surface area contributed by atoms with Crippen LogP contribution in [0.1, 0.15) is 96.8 Å². The predicted molar refractivity (Wildman–Crippen MR) is 130 cm³/mol. The average Bonchev–Trinajstić information content (AvgIpc) is 2.78. The highest BCUT2D eigenvalue weighted by Gasteiger charge is 2.25. The molecule has 0 radical (unpaired) electrons. The van der Waals surface area contributed by atoms with E-state index >= 15 is 0 Å². The van der Waals surface area contributed by atoms with Crippen molar-refractivity contribution in [1.82, 2.24) is 4.31 Å². The molecule has 7 heteroatoms. The van der Waals surface area contributed by atoms with Gasteiger partial charge in [0, 0.05) is 6.54 Å². The van der Waals surface area contributed by atoms with E-state index in [4.69, 9.17) is 4.74 Å². The van der Waals surface area contributed by atoms with E-state index in [1.807, 2.05) is 0 Å². The Balaban J connectivity index is 2.24. The molecule has 0 spiro atoms. The number of aliphatic hydroxyl groups excluding tert-OH is 1. The van der Waals surface area contributed by atoms with Crippen LogP contribution in [-0.4, -0.2) is 49.4 Å². The van der Waals surface area contributed by atoms with Crippen molar-refractivity contribution in [3.05, 3.63) is 24.3 Å². The molecule has 0 atom stereocenters. The minimum atomic E-state index is -3.78. The highest BCUT2D eigenvalue weighted by molar-refractivity contribution is 7.89. The van der Waals surface area contributed by atoms with Crippen LogP contribution in [0.15, 0.2) is 29.2 Å². The second-order valence-electron chi connectivity index (χ2n) is 8.62. The maximum atomic E-state index is 12.9. The van der Waals surface area contributed by atoms with E-state index in [0.29, 0.717) is 12.2 Å². The first-order valence-electron chi connectivity index (χ1n) is 12.4. The summed E-state index contributed by atoms with van der Waals surface area (Å²) < 4.78 is 32.0. The van der Waals surface area contributed by atoms with Gasteiger partial charge in [0.1, 0.15) is 5.75 Å². The summed E-state index contributed by atoms with van der Waals surface area (Å²) in [5.74, 6) is 0.574. The van der Waals surface area contributed by atoms with Crippen LogP contribution in [0.25, 0.3) is 0 Å². The first-order valence-corrected chi connectivity index (χ1v) is 13.9. The molecule has 0 fully saturated rings. The topological polar surface area (TPSA) is 87.1 Å². The van der Waals surface area contributed by atoms with Gasteiger partial charge in [0.05, 0.1) is 18.6 Å². The molecule has 0 saturated carbocycles. The van der Waals surface area contributed by atoms with Crippen molar-refractivity contribution in [3.8, 4) is 5.75 Å². The number of nitrogens with zero attached hydrogens (tertiary/aromatic N) is 1. The molecule has 0 unspecified atom stereocenters. The summed E-state index contributed by atoms with van der Waals surface area (Å²) in [6.45, 7) is 2.21. The Bertz CT molecular complexity index is 676. The Hall–Kier alpha value is -1.15. The lowest BCUT2D eigenvalue weighted by Crippen LogP contribution is -2.38. The normalized spacial score (nSPS) is 12.1. The zero-order valence-electron chi connectivity index (χ0n) is 20.2. The molecule has 0 aliphatic heterocycles. The number of hydrogen-bond acceptors (Lipinski definition) is 5. The summed E-state index contributed by atoms with van der Waals surface area (Å²) in [7, 11) is -2.26. The molecule has 0 aliphatic rings. The van der Waals surface area contributed by atoms with E-state index in [0.717, 1.165) is 12.8 Å². The first kappa shape index (κ1) is 28.9. The Morgan fingerprint density at radius 1 is 0.781 bits per heavy atom. The van der Waals surface area contributed by atoms with E-state index in [1.165, 1.54) is 94.2 Å². The molecule has 186 valence electrons. The molecular weight excluding hydrogens is 426 g/mol. The maximum Gasteiger partial charge on any atom is 0.243 e. The average molecular weight is 472 g/mol. The summed E-state index contributed by atoms with van der Waals surface area (Å²) in [4.78, 5) is 0.129. The van der Waals surface area contributed by atoms with Gasteiger partial charge in [0.25, 0.3) is 0 Å². The van der Waals surface area contributed by atoms with Crippen molar-refractivity contribution in [2.45, 2.75) is 108 Å². The third-order valence-corrected chi connectivity index (χ3v) is 7.70. The zero-order chi connectivity index (χ0) is 23.7. The second-order valence-corrected chi connectivity index (χ2v) is 10.6.